The normalized spacial score (nSPS) is 18.1. The van der Waals surface area contributed by atoms with Gasteiger partial charge >= 0.3 is 0 Å². The number of nitrogens with zero attached hydrogens (tertiary/aromatic N) is 1. The Kier molecular flexibility index (Phi) is 5.60. The van der Waals surface area contributed by atoms with E-state index >= 15 is 0 Å². The third kappa shape index (κ3) is 3.80. The molecule has 0 unspecified atom stereocenters. The van der Waals surface area contributed by atoms with Gasteiger partial charge in [-0.25, -0.2) is 0 Å². The van der Waals surface area contributed by atoms with Crippen LogP contribution in [0.15, 0.2) is 12.2 Å². The highest BCUT2D eigenvalue weighted by Gasteiger charge is 2.34. The zero-order valence-electron chi connectivity index (χ0n) is 10.2. The van der Waals surface area contributed by atoms with Crippen LogP contribution in [0, 0.1) is 0 Å². The number of hydrogen-bond acceptors (Lipinski definition) is 3. The molecule has 1 fully saturated rings. The van der Waals surface area contributed by atoms with E-state index in [1.54, 1.807) is 0 Å². The Morgan fingerprint density at radius 3 is 2.41 bits per heavy atom. The van der Waals surface area contributed by atoms with Crippen LogP contribution in [0.25, 0.3) is 0 Å². The van der Waals surface area contributed by atoms with E-state index < -0.39 is 0 Å². The fourth-order valence-electron chi connectivity index (χ4n) is 2.04. The van der Waals surface area contributed by atoms with Crippen molar-refractivity contribution in [3.63, 3.8) is 0 Å². The molecule has 4 heteroatoms. The van der Waals surface area contributed by atoms with Crippen molar-refractivity contribution in [1.82, 2.24) is 4.90 Å². The van der Waals surface area contributed by atoms with E-state index in [-0.39, 0.29) is 24.3 Å². The maximum Gasteiger partial charge on any atom is 0.229 e. The summed E-state index contributed by atoms with van der Waals surface area (Å²) in [7, 11) is 0. The SMILES string of the molecule is CC/C=C/CC[C@H](CC=O)N1C(=O)CCC1=O. The molecule has 1 heterocycles. The molecule has 0 aromatic rings. The van der Waals surface area contributed by atoms with Gasteiger partial charge in [-0.05, 0) is 19.3 Å². The topological polar surface area (TPSA) is 54.5 Å². The smallest absolute Gasteiger partial charge is 0.229 e. The second-order valence-corrected chi connectivity index (χ2v) is 4.17. The largest absolute Gasteiger partial charge is 0.303 e. The quantitative estimate of drug-likeness (QED) is 0.385. The molecule has 1 rings (SSSR count). The minimum absolute atomic E-state index is 0.138. The standard InChI is InChI=1S/C13H19NO3/c1-2-3-4-5-6-11(9-10-15)14-12(16)7-8-13(14)17/h3-4,10-11H,2,5-9H2,1H3/b4-3+/t11-/m1/s1. The first-order valence-corrected chi connectivity index (χ1v) is 6.14. The summed E-state index contributed by atoms with van der Waals surface area (Å²) in [5, 5.41) is 0. The lowest BCUT2D eigenvalue weighted by atomic mass is 10.1. The molecule has 0 aromatic carbocycles. The van der Waals surface area contributed by atoms with E-state index in [1.807, 2.05) is 19.1 Å². The van der Waals surface area contributed by atoms with Crippen LogP contribution in [0.5, 0.6) is 0 Å². The zero-order valence-corrected chi connectivity index (χ0v) is 10.2. The van der Waals surface area contributed by atoms with E-state index in [9.17, 15) is 14.4 Å². The molecule has 1 aliphatic heterocycles. The average Bonchev–Trinajstić information content (AvgIpc) is 2.63. The molecule has 0 aromatic heterocycles. The first kappa shape index (κ1) is 13.6. The fourth-order valence-corrected chi connectivity index (χ4v) is 2.04. The number of likely N-dealkylation sites (tertiary alicyclic amines) is 1. The summed E-state index contributed by atoms with van der Waals surface area (Å²) >= 11 is 0. The second-order valence-electron chi connectivity index (χ2n) is 4.17. The average molecular weight is 237 g/mol. The molecule has 0 saturated carbocycles. The molecule has 0 bridgehead atoms. The van der Waals surface area contributed by atoms with Crippen LogP contribution in [0.1, 0.15) is 45.4 Å². The van der Waals surface area contributed by atoms with Crippen molar-refractivity contribution in [2.45, 2.75) is 51.5 Å². The number of rotatable bonds is 7. The number of carbonyl (C=O) groups excluding carboxylic acids is 3. The third-order valence-electron chi connectivity index (χ3n) is 2.89. The molecule has 1 saturated heterocycles. The van der Waals surface area contributed by atoms with E-state index in [1.165, 1.54) is 4.90 Å². The molecule has 94 valence electrons. The summed E-state index contributed by atoms with van der Waals surface area (Å²) in [5.41, 5.74) is 0. The van der Waals surface area contributed by atoms with Gasteiger partial charge in [-0.15, -0.1) is 0 Å². The van der Waals surface area contributed by atoms with Crippen molar-refractivity contribution < 1.29 is 14.4 Å². The third-order valence-corrected chi connectivity index (χ3v) is 2.89. The van der Waals surface area contributed by atoms with Gasteiger partial charge in [0.15, 0.2) is 0 Å². The van der Waals surface area contributed by atoms with Crippen LogP contribution < -0.4 is 0 Å². The highest BCUT2D eigenvalue weighted by Crippen LogP contribution is 2.20. The van der Waals surface area contributed by atoms with Gasteiger partial charge in [0.2, 0.25) is 11.8 Å². The van der Waals surface area contributed by atoms with Crippen LogP contribution >= 0.6 is 0 Å². The van der Waals surface area contributed by atoms with Crippen LogP contribution in [0.2, 0.25) is 0 Å². The minimum atomic E-state index is -0.253. The van der Waals surface area contributed by atoms with Crippen molar-refractivity contribution in [3.8, 4) is 0 Å². The predicted octanol–water partition coefficient (Wildman–Crippen LogP) is 1.84. The second kappa shape index (κ2) is 6.99. The van der Waals surface area contributed by atoms with Crippen molar-refractivity contribution in [2.75, 3.05) is 0 Å². The van der Waals surface area contributed by atoms with E-state index in [4.69, 9.17) is 0 Å². The lowest BCUT2D eigenvalue weighted by molar-refractivity contribution is -0.141. The molecule has 17 heavy (non-hydrogen) atoms. The van der Waals surface area contributed by atoms with Crippen molar-refractivity contribution >= 4 is 18.1 Å². The molecule has 0 aliphatic carbocycles. The van der Waals surface area contributed by atoms with Crippen LogP contribution in [0.4, 0.5) is 0 Å². The molecule has 2 amide bonds. The molecule has 4 nitrogen and oxygen atoms in total. The summed E-state index contributed by atoms with van der Waals surface area (Å²) in [6.07, 6.45) is 8.13. The number of imide groups is 1. The Balaban J connectivity index is 2.58. The van der Waals surface area contributed by atoms with E-state index in [0.717, 1.165) is 19.1 Å². The number of carbonyl (C=O) groups is 3. The van der Waals surface area contributed by atoms with Gasteiger partial charge in [0.25, 0.3) is 0 Å². The lowest BCUT2D eigenvalue weighted by Crippen LogP contribution is -2.39. The van der Waals surface area contributed by atoms with Gasteiger partial charge < -0.3 is 4.79 Å². The van der Waals surface area contributed by atoms with Crippen LogP contribution in [-0.2, 0) is 14.4 Å². The summed E-state index contributed by atoms with van der Waals surface area (Å²) in [4.78, 5) is 35.0. The summed E-state index contributed by atoms with van der Waals surface area (Å²) < 4.78 is 0. The number of amides is 2. The Bertz CT molecular complexity index is 307. The zero-order chi connectivity index (χ0) is 12.7. The summed E-state index contributed by atoms with van der Waals surface area (Å²) in [6.45, 7) is 2.05. The maximum absolute atomic E-state index is 11.6. The maximum atomic E-state index is 11.6. The summed E-state index contributed by atoms with van der Waals surface area (Å²) in [6, 6.07) is -0.253. The van der Waals surface area contributed by atoms with Gasteiger partial charge in [-0.1, -0.05) is 19.1 Å². The molecule has 1 atom stereocenters. The lowest BCUT2D eigenvalue weighted by Gasteiger charge is -2.24. The summed E-state index contributed by atoms with van der Waals surface area (Å²) in [5.74, 6) is -0.275. The monoisotopic (exact) mass is 237 g/mol. The first-order valence-electron chi connectivity index (χ1n) is 6.14. The van der Waals surface area contributed by atoms with Crippen LogP contribution in [-0.4, -0.2) is 29.0 Å². The molecular formula is C13H19NO3. The van der Waals surface area contributed by atoms with Crippen molar-refractivity contribution in [2.24, 2.45) is 0 Å². The number of aldehydes is 1. The highest BCUT2D eigenvalue weighted by atomic mass is 16.2. The van der Waals surface area contributed by atoms with Crippen molar-refractivity contribution in [1.29, 1.82) is 0 Å². The Morgan fingerprint density at radius 1 is 1.24 bits per heavy atom. The molecule has 1 aliphatic rings. The number of allylic oxidation sites excluding steroid dienone is 2. The predicted molar refractivity (Wildman–Crippen MR) is 64.2 cm³/mol. The van der Waals surface area contributed by atoms with Gasteiger partial charge in [-0.2, -0.15) is 0 Å². The van der Waals surface area contributed by atoms with Gasteiger partial charge in [0, 0.05) is 25.3 Å². The van der Waals surface area contributed by atoms with Crippen LogP contribution in [0.3, 0.4) is 0 Å². The number of hydrogen-bond donors (Lipinski definition) is 0. The minimum Gasteiger partial charge on any atom is -0.303 e. The first-order chi connectivity index (χ1) is 8.20. The van der Waals surface area contributed by atoms with E-state index in [2.05, 4.69) is 0 Å². The van der Waals surface area contributed by atoms with Gasteiger partial charge in [0.1, 0.15) is 6.29 Å². The molecule has 0 spiro atoms. The fraction of sp³-hybridized carbons (Fsp3) is 0.615. The van der Waals surface area contributed by atoms with Gasteiger partial charge in [0.05, 0.1) is 0 Å². The van der Waals surface area contributed by atoms with Crippen molar-refractivity contribution in [3.05, 3.63) is 12.2 Å². The molecule has 0 N–H and O–H groups in total. The Hall–Kier alpha value is -1.45. The highest BCUT2D eigenvalue weighted by molar-refractivity contribution is 6.02. The molecule has 0 radical (unpaired) electrons. The molecular weight excluding hydrogens is 218 g/mol. The van der Waals surface area contributed by atoms with E-state index in [0.29, 0.717) is 19.3 Å². The Morgan fingerprint density at radius 2 is 1.88 bits per heavy atom. The Labute approximate surface area is 102 Å². The van der Waals surface area contributed by atoms with Gasteiger partial charge in [-0.3, -0.25) is 14.5 Å².